The molecule has 1 N–H and O–H groups in total. The summed E-state index contributed by atoms with van der Waals surface area (Å²) in [7, 11) is 0. The number of carbonyl (C=O) groups excluding carboxylic acids is 2. The third-order valence-electron chi connectivity index (χ3n) is 7.45. The second kappa shape index (κ2) is 7.99. The predicted molar refractivity (Wildman–Crippen MR) is 137 cm³/mol. The van der Waals surface area contributed by atoms with Crippen molar-refractivity contribution in [3.05, 3.63) is 45.8 Å². The van der Waals surface area contributed by atoms with E-state index in [4.69, 9.17) is 11.6 Å². The van der Waals surface area contributed by atoms with Gasteiger partial charge in [-0.05, 0) is 84.1 Å². The van der Waals surface area contributed by atoms with E-state index >= 15 is 0 Å². The van der Waals surface area contributed by atoms with Gasteiger partial charge in [-0.25, -0.2) is 0 Å². The van der Waals surface area contributed by atoms with Crippen molar-refractivity contribution in [3.8, 4) is 11.3 Å². The van der Waals surface area contributed by atoms with Gasteiger partial charge in [0.2, 0.25) is 5.91 Å². The molecule has 6 heteroatoms. The van der Waals surface area contributed by atoms with E-state index in [2.05, 4.69) is 41.9 Å². The molecule has 0 aliphatic carbocycles. The molecule has 33 heavy (non-hydrogen) atoms. The first-order valence-corrected chi connectivity index (χ1v) is 13.1. The van der Waals surface area contributed by atoms with Crippen LogP contribution in [0.4, 0.5) is 0 Å². The summed E-state index contributed by atoms with van der Waals surface area (Å²) in [4.78, 5) is 34.5. The van der Waals surface area contributed by atoms with Crippen LogP contribution in [0.15, 0.2) is 24.3 Å². The number of ketones is 1. The number of halogens is 1. The Kier molecular flexibility index (Phi) is 5.49. The van der Waals surface area contributed by atoms with E-state index in [0.29, 0.717) is 17.6 Å². The summed E-state index contributed by atoms with van der Waals surface area (Å²) in [6, 6.07) is 9.16. The fourth-order valence-corrected chi connectivity index (χ4v) is 7.02. The second-order valence-corrected chi connectivity index (χ2v) is 12.1. The van der Waals surface area contributed by atoms with Crippen LogP contribution in [0.5, 0.6) is 0 Å². The van der Waals surface area contributed by atoms with Gasteiger partial charge in [0.15, 0.2) is 5.78 Å². The SMILES string of the molecule is Cc1cc(C)cc(-c2[nH]c3sc(C(C)(C)C(=O)N4C5CCC4CC5)cc3c2C(=O)C(C)Cl)c1. The first-order valence-electron chi connectivity index (χ1n) is 11.8. The predicted octanol–water partition coefficient (Wildman–Crippen LogP) is 6.75. The molecule has 0 spiro atoms. The van der Waals surface area contributed by atoms with Crippen LogP contribution in [0.2, 0.25) is 0 Å². The number of Topliss-reactive ketones (excluding diaryl/α,β-unsaturated/α-hetero) is 1. The molecule has 4 heterocycles. The topological polar surface area (TPSA) is 53.2 Å². The van der Waals surface area contributed by atoms with E-state index < -0.39 is 10.8 Å². The fourth-order valence-electron chi connectivity index (χ4n) is 5.75. The van der Waals surface area contributed by atoms with Crippen molar-refractivity contribution in [1.82, 2.24) is 9.88 Å². The number of alkyl halides is 1. The second-order valence-electron chi connectivity index (χ2n) is 10.4. The Balaban J connectivity index is 1.61. The number of amides is 1. The van der Waals surface area contributed by atoms with Gasteiger partial charge in [-0.1, -0.05) is 17.2 Å². The highest BCUT2D eigenvalue weighted by Crippen LogP contribution is 2.44. The molecule has 2 saturated heterocycles. The number of hydrogen-bond donors (Lipinski definition) is 1. The van der Waals surface area contributed by atoms with E-state index in [1.807, 2.05) is 19.9 Å². The molecule has 1 unspecified atom stereocenters. The van der Waals surface area contributed by atoms with E-state index in [0.717, 1.165) is 63.2 Å². The summed E-state index contributed by atoms with van der Waals surface area (Å²) in [6.45, 7) is 9.89. The normalized spacial score (nSPS) is 21.2. The number of aromatic amines is 1. The lowest BCUT2D eigenvalue weighted by Crippen LogP contribution is -2.45. The van der Waals surface area contributed by atoms with Crippen molar-refractivity contribution in [1.29, 1.82) is 0 Å². The first-order chi connectivity index (χ1) is 15.6. The quantitative estimate of drug-likeness (QED) is 0.323. The minimum Gasteiger partial charge on any atom is -0.346 e. The summed E-state index contributed by atoms with van der Waals surface area (Å²) >= 11 is 7.88. The van der Waals surface area contributed by atoms with Gasteiger partial charge in [-0.15, -0.1) is 22.9 Å². The molecule has 3 aromatic rings. The third kappa shape index (κ3) is 3.64. The Labute approximate surface area is 204 Å². The largest absolute Gasteiger partial charge is 0.346 e. The number of benzene rings is 1. The monoisotopic (exact) mass is 482 g/mol. The molecule has 5 rings (SSSR count). The number of nitrogens with zero attached hydrogens (tertiary/aromatic N) is 1. The standard InChI is InChI=1S/C27H31ClN2O2S/c1-14-10-15(2)12-17(11-14)23-22(24(31)16(3)28)20-13-21(33-25(20)29-23)27(4,5)26(32)30-18-6-7-19(30)9-8-18/h10-13,16,18-19,29H,6-9H2,1-5H3. The average molecular weight is 483 g/mol. The molecule has 2 bridgehead atoms. The van der Waals surface area contributed by atoms with E-state index in [1.165, 1.54) is 0 Å². The lowest BCUT2D eigenvalue weighted by atomic mass is 9.88. The van der Waals surface area contributed by atoms with E-state index in [1.54, 1.807) is 18.3 Å². The van der Waals surface area contributed by atoms with Crippen LogP contribution in [0.25, 0.3) is 21.5 Å². The Morgan fingerprint density at radius 2 is 1.64 bits per heavy atom. The van der Waals surface area contributed by atoms with Crippen LogP contribution >= 0.6 is 22.9 Å². The average Bonchev–Trinajstić information content (AvgIpc) is 3.50. The van der Waals surface area contributed by atoms with Crippen LogP contribution in [-0.4, -0.2) is 39.0 Å². The molecule has 1 amide bonds. The van der Waals surface area contributed by atoms with Crippen LogP contribution in [-0.2, 0) is 10.2 Å². The number of aromatic nitrogens is 1. The van der Waals surface area contributed by atoms with Gasteiger partial charge in [-0.3, -0.25) is 9.59 Å². The zero-order chi connectivity index (χ0) is 23.7. The van der Waals surface area contributed by atoms with Crippen molar-refractivity contribution >= 4 is 44.8 Å². The molecular formula is C27H31ClN2O2S. The third-order valence-corrected chi connectivity index (χ3v) is 9.02. The summed E-state index contributed by atoms with van der Waals surface area (Å²) < 4.78 is 0. The fraction of sp³-hybridized carbons (Fsp3) is 0.481. The number of thiophene rings is 1. The Morgan fingerprint density at radius 3 is 2.18 bits per heavy atom. The molecule has 0 radical (unpaired) electrons. The molecule has 2 aliphatic rings. The number of aryl methyl sites for hydroxylation is 2. The maximum Gasteiger partial charge on any atom is 0.233 e. The summed E-state index contributed by atoms with van der Waals surface area (Å²) in [5.74, 6) is 0.118. The zero-order valence-corrected chi connectivity index (χ0v) is 21.5. The maximum absolute atomic E-state index is 13.7. The highest BCUT2D eigenvalue weighted by atomic mass is 35.5. The summed E-state index contributed by atoms with van der Waals surface area (Å²) in [5, 5.41) is 0.235. The molecular weight excluding hydrogens is 452 g/mol. The van der Waals surface area contributed by atoms with Crippen molar-refractivity contribution in [2.24, 2.45) is 0 Å². The van der Waals surface area contributed by atoms with Crippen molar-refractivity contribution in [3.63, 3.8) is 0 Å². The maximum atomic E-state index is 13.7. The number of rotatable bonds is 5. The smallest absolute Gasteiger partial charge is 0.233 e. The molecule has 2 aliphatic heterocycles. The van der Waals surface area contributed by atoms with Gasteiger partial charge in [0, 0.05) is 22.3 Å². The van der Waals surface area contributed by atoms with Gasteiger partial charge < -0.3 is 9.88 Å². The lowest BCUT2D eigenvalue weighted by molar-refractivity contribution is -0.137. The lowest BCUT2D eigenvalue weighted by Gasteiger charge is -2.31. The Bertz CT molecular complexity index is 1230. The molecule has 1 atom stereocenters. The van der Waals surface area contributed by atoms with Gasteiger partial charge in [-0.2, -0.15) is 0 Å². The Morgan fingerprint density at radius 1 is 1.06 bits per heavy atom. The first kappa shape index (κ1) is 22.7. The summed E-state index contributed by atoms with van der Waals surface area (Å²) in [6.07, 6.45) is 4.51. The van der Waals surface area contributed by atoms with Gasteiger partial charge >= 0.3 is 0 Å². The van der Waals surface area contributed by atoms with Crippen LogP contribution in [0, 0.1) is 13.8 Å². The van der Waals surface area contributed by atoms with E-state index in [9.17, 15) is 9.59 Å². The zero-order valence-electron chi connectivity index (χ0n) is 19.9. The molecule has 1 aromatic carbocycles. The van der Waals surface area contributed by atoms with Gasteiger partial charge in [0.25, 0.3) is 0 Å². The highest BCUT2D eigenvalue weighted by molar-refractivity contribution is 7.19. The molecule has 174 valence electrons. The molecule has 4 nitrogen and oxygen atoms in total. The number of hydrogen-bond acceptors (Lipinski definition) is 3. The number of carbonyl (C=O) groups is 2. The van der Waals surface area contributed by atoms with Gasteiger partial charge in [0.1, 0.15) is 4.83 Å². The Hall–Kier alpha value is -2.11. The number of nitrogens with one attached hydrogen (secondary N) is 1. The van der Waals surface area contributed by atoms with Crippen molar-refractivity contribution < 1.29 is 9.59 Å². The molecule has 0 saturated carbocycles. The summed E-state index contributed by atoms with van der Waals surface area (Å²) in [5.41, 5.74) is 4.09. The minimum absolute atomic E-state index is 0.0943. The number of fused-ring (bicyclic) bond motifs is 3. The van der Waals surface area contributed by atoms with Gasteiger partial charge in [0.05, 0.1) is 22.0 Å². The van der Waals surface area contributed by atoms with Crippen LogP contribution in [0.1, 0.15) is 72.8 Å². The van der Waals surface area contributed by atoms with E-state index in [-0.39, 0.29) is 11.7 Å². The number of H-pyrrole nitrogens is 1. The minimum atomic E-state index is -0.636. The van der Waals surface area contributed by atoms with Crippen LogP contribution in [0.3, 0.4) is 0 Å². The molecule has 2 aromatic heterocycles. The highest BCUT2D eigenvalue weighted by Gasteiger charge is 2.47. The van der Waals surface area contributed by atoms with Crippen molar-refractivity contribution in [2.75, 3.05) is 0 Å². The molecule has 2 fully saturated rings. The van der Waals surface area contributed by atoms with Crippen LogP contribution < -0.4 is 0 Å². The van der Waals surface area contributed by atoms with Crippen molar-refractivity contribution in [2.45, 2.75) is 83.2 Å².